The fourth-order valence-corrected chi connectivity index (χ4v) is 5.89. The Bertz CT molecular complexity index is 1230. The van der Waals surface area contributed by atoms with Crippen LogP contribution in [0.1, 0.15) is 15.2 Å². The van der Waals surface area contributed by atoms with E-state index in [1.54, 1.807) is 12.1 Å². The molecule has 2 aliphatic heterocycles. The molecule has 36 heavy (non-hydrogen) atoms. The van der Waals surface area contributed by atoms with Gasteiger partial charge in [0.05, 0.1) is 12.0 Å². The Labute approximate surface area is 235 Å². The molecule has 14 heteroatoms. The molecule has 11 nitrogen and oxygen atoms in total. The monoisotopic (exact) mass is 544 g/mol. The molecule has 0 aliphatic carbocycles. The van der Waals surface area contributed by atoms with Crippen molar-refractivity contribution in [3.05, 3.63) is 57.4 Å². The van der Waals surface area contributed by atoms with E-state index in [2.05, 4.69) is 5.32 Å². The van der Waals surface area contributed by atoms with Crippen molar-refractivity contribution in [3.63, 3.8) is 0 Å². The summed E-state index contributed by atoms with van der Waals surface area (Å²) >= 11 is 2.55. The molecule has 3 heterocycles. The van der Waals surface area contributed by atoms with Gasteiger partial charge in [0.1, 0.15) is 17.7 Å². The zero-order valence-corrected chi connectivity index (χ0v) is 19.9. The van der Waals surface area contributed by atoms with E-state index in [0.29, 0.717) is 0 Å². The van der Waals surface area contributed by atoms with Gasteiger partial charge in [-0.1, -0.05) is 6.07 Å². The number of aliphatic carboxylic acids is 1. The van der Waals surface area contributed by atoms with Crippen molar-refractivity contribution in [3.8, 4) is 11.5 Å². The second-order valence-electron chi connectivity index (χ2n) is 7.62. The first-order valence-electron chi connectivity index (χ1n) is 10.2. The predicted molar refractivity (Wildman–Crippen MR) is 131 cm³/mol. The molecular weight excluding hydrogens is 523 g/mol. The molecule has 0 bridgehead atoms. The number of thioether (sulfide) groups is 1. The standard InChI is InChI=1S/C22H20N2O9S2.Na.H/c1-32-22(23-16(27)8-13-3-2-6-34-13)20(31)24-17(18(28)29)12(10-35-21(22)24)9-33-19(30)11-4-5-14(25)15(26)7-11;;/h2-7,21,25-26H,8-10H2,1H3,(H,23,27)(H,28,29);;/t21-,22+;;/m0../s1. The molecule has 2 aliphatic rings. The van der Waals surface area contributed by atoms with Crippen molar-refractivity contribution < 1.29 is 44.0 Å². The Morgan fingerprint density at radius 2 is 1.97 bits per heavy atom. The van der Waals surface area contributed by atoms with Gasteiger partial charge in [0.15, 0.2) is 11.5 Å². The molecule has 1 aromatic heterocycles. The number of carboxylic acids is 1. The molecular formula is C22H21N2NaO9S2. The number of esters is 1. The molecule has 0 radical (unpaired) electrons. The number of carboxylic acid groups (broad SMARTS) is 1. The van der Waals surface area contributed by atoms with E-state index in [0.717, 1.165) is 33.7 Å². The van der Waals surface area contributed by atoms with Crippen LogP contribution in [0.4, 0.5) is 0 Å². The molecule has 1 fully saturated rings. The summed E-state index contributed by atoms with van der Waals surface area (Å²) in [5.74, 6) is -4.27. The number of carbonyl (C=O) groups excluding carboxylic acids is 3. The predicted octanol–water partition coefficient (Wildman–Crippen LogP) is 0.623. The molecule has 2 aromatic rings. The zero-order valence-electron chi connectivity index (χ0n) is 18.2. The molecule has 2 atom stereocenters. The quantitative estimate of drug-likeness (QED) is 0.122. The topological polar surface area (TPSA) is 163 Å². The van der Waals surface area contributed by atoms with E-state index >= 15 is 0 Å². The molecule has 186 valence electrons. The first-order valence-corrected chi connectivity index (χ1v) is 12.1. The Balaban J connectivity index is 0.00000361. The number of thiophene rings is 1. The van der Waals surface area contributed by atoms with Crippen molar-refractivity contribution in [2.24, 2.45) is 0 Å². The van der Waals surface area contributed by atoms with Gasteiger partial charge in [0, 0.05) is 23.3 Å². The van der Waals surface area contributed by atoms with Crippen LogP contribution < -0.4 is 5.32 Å². The van der Waals surface area contributed by atoms with Crippen LogP contribution >= 0.6 is 23.1 Å². The number of nitrogens with one attached hydrogen (secondary N) is 1. The van der Waals surface area contributed by atoms with Gasteiger partial charge in [-0.15, -0.1) is 23.1 Å². The van der Waals surface area contributed by atoms with Crippen LogP contribution in [0.15, 0.2) is 47.0 Å². The molecule has 2 amide bonds. The third-order valence-corrected chi connectivity index (χ3v) is 7.71. The number of carbonyl (C=O) groups is 4. The summed E-state index contributed by atoms with van der Waals surface area (Å²) in [5, 5.41) is 32.3. The summed E-state index contributed by atoms with van der Waals surface area (Å²) in [6, 6.07) is 6.95. The second-order valence-corrected chi connectivity index (χ2v) is 9.72. The number of phenols is 2. The summed E-state index contributed by atoms with van der Waals surface area (Å²) in [7, 11) is 1.26. The van der Waals surface area contributed by atoms with E-state index < -0.39 is 53.0 Å². The number of rotatable bonds is 8. The van der Waals surface area contributed by atoms with Crippen molar-refractivity contribution in [2.45, 2.75) is 17.5 Å². The fraction of sp³-hybridized carbons (Fsp3) is 0.273. The number of benzene rings is 1. The van der Waals surface area contributed by atoms with Gasteiger partial charge in [-0.05, 0) is 29.6 Å². The van der Waals surface area contributed by atoms with E-state index in [9.17, 15) is 34.5 Å². The maximum atomic E-state index is 13.1. The van der Waals surface area contributed by atoms with Crippen molar-refractivity contribution in [2.75, 3.05) is 19.5 Å². The maximum absolute atomic E-state index is 13.1. The number of ether oxygens (including phenoxy) is 2. The Morgan fingerprint density at radius 1 is 1.22 bits per heavy atom. The summed E-state index contributed by atoms with van der Waals surface area (Å²) < 4.78 is 10.6. The van der Waals surface area contributed by atoms with Gasteiger partial charge in [-0.2, -0.15) is 0 Å². The van der Waals surface area contributed by atoms with Crippen molar-refractivity contribution >= 4 is 76.4 Å². The summed E-state index contributed by atoms with van der Waals surface area (Å²) in [4.78, 5) is 51.8. The number of aromatic hydroxyl groups is 2. The van der Waals surface area contributed by atoms with Crippen LogP contribution in [0.2, 0.25) is 0 Å². The van der Waals surface area contributed by atoms with Gasteiger partial charge in [-0.25, -0.2) is 9.59 Å². The summed E-state index contributed by atoms with van der Waals surface area (Å²) in [5.41, 5.74) is -1.93. The molecule has 1 aromatic carbocycles. The fourth-order valence-electron chi connectivity index (χ4n) is 3.76. The molecule has 0 saturated carbocycles. The van der Waals surface area contributed by atoms with Gasteiger partial charge in [0.25, 0.3) is 11.6 Å². The molecule has 0 unspecified atom stereocenters. The van der Waals surface area contributed by atoms with Gasteiger partial charge in [0.2, 0.25) is 5.91 Å². The van der Waals surface area contributed by atoms with Crippen LogP contribution in [0, 0.1) is 0 Å². The molecule has 1 saturated heterocycles. The van der Waals surface area contributed by atoms with E-state index in [1.165, 1.54) is 24.5 Å². The number of hydrogen-bond acceptors (Lipinski definition) is 10. The summed E-state index contributed by atoms with van der Waals surface area (Å²) in [6.07, 6.45) is 0.0447. The number of fused-ring (bicyclic) bond motifs is 1. The van der Waals surface area contributed by atoms with E-state index in [1.807, 2.05) is 5.38 Å². The Morgan fingerprint density at radius 3 is 2.58 bits per heavy atom. The third-order valence-electron chi connectivity index (χ3n) is 5.46. The number of phenolic OH excluding ortho intramolecular Hbond substituents is 2. The van der Waals surface area contributed by atoms with Crippen LogP contribution in [-0.2, 0) is 30.3 Å². The minimum absolute atomic E-state index is 0. The SMILES string of the molecule is CO[C@]1(NC(=O)Cc2cccs2)C(=O)N2C(C(=O)O)=C(COC(=O)c3ccc(O)c(O)c3)CS[C@H]21.[NaH]. The zero-order chi connectivity index (χ0) is 25.3. The summed E-state index contributed by atoms with van der Waals surface area (Å²) in [6.45, 7) is -0.420. The Kier molecular flexibility index (Phi) is 8.75. The van der Waals surface area contributed by atoms with Crippen molar-refractivity contribution in [1.29, 1.82) is 0 Å². The Hall–Kier alpha value is -2.55. The normalized spacial score (nSPS) is 20.6. The number of methoxy groups -OCH3 is 1. The van der Waals surface area contributed by atoms with Gasteiger partial charge < -0.3 is 30.1 Å². The number of β-lactam (4-membered cyclic amide) rings is 1. The van der Waals surface area contributed by atoms with Crippen LogP contribution in [0.25, 0.3) is 0 Å². The van der Waals surface area contributed by atoms with Crippen molar-refractivity contribution in [1.82, 2.24) is 10.2 Å². The van der Waals surface area contributed by atoms with Crippen LogP contribution in [0.3, 0.4) is 0 Å². The van der Waals surface area contributed by atoms with Crippen LogP contribution in [-0.4, -0.2) is 104 Å². The third kappa shape index (κ3) is 5.12. The number of nitrogens with zero attached hydrogens (tertiary/aromatic N) is 1. The second kappa shape index (κ2) is 11.2. The van der Waals surface area contributed by atoms with Crippen LogP contribution in [0.5, 0.6) is 11.5 Å². The van der Waals surface area contributed by atoms with Gasteiger partial charge in [-0.3, -0.25) is 14.5 Å². The van der Waals surface area contributed by atoms with E-state index in [4.69, 9.17) is 9.47 Å². The minimum atomic E-state index is -1.72. The number of amides is 2. The molecule has 0 spiro atoms. The first kappa shape index (κ1) is 28.0. The number of hydrogen-bond donors (Lipinski definition) is 4. The average molecular weight is 545 g/mol. The van der Waals surface area contributed by atoms with Gasteiger partial charge >= 0.3 is 41.5 Å². The average Bonchev–Trinajstić information content (AvgIpc) is 3.34. The van der Waals surface area contributed by atoms with E-state index in [-0.39, 0.29) is 58.6 Å². The molecule has 4 rings (SSSR count). The first-order chi connectivity index (χ1) is 16.7. The molecule has 4 N–H and O–H groups in total.